The number of benzene rings is 1. The summed E-state index contributed by atoms with van der Waals surface area (Å²) in [5, 5.41) is 0. The maximum Gasteiger partial charge on any atom is -0.0276 e. The van der Waals surface area contributed by atoms with Crippen LogP contribution in [0, 0.1) is 13.8 Å². The second kappa shape index (κ2) is 18.9. The van der Waals surface area contributed by atoms with Crippen molar-refractivity contribution in [1.29, 1.82) is 0 Å². The summed E-state index contributed by atoms with van der Waals surface area (Å²) in [4.78, 5) is 0. The molecular weight excluding hydrogens is 360 g/mol. The van der Waals surface area contributed by atoms with Gasteiger partial charge in [0, 0.05) is 0 Å². The molecule has 0 atom stereocenters. The first-order chi connectivity index (χ1) is 14.7. The van der Waals surface area contributed by atoms with Gasteiger partial charge in [0.05, 0.1) is 0 Å². The summed E-state index contributed by atoms with van der Waals surface area (Å²) in [5.74, 6) is 0. The first-order valence-electron chi connectivity index (χ1n) is 13.8. The highest BCUT2D eigenvalue weighted by Gasteiger charge is 2.05. The molecular formula is C30H54. The van der Waals surface area contributed by atoms with Gasteiger partial charge in [0.25, 0.3) is 0 Å². The average Bonchev–Trinajstić information content (AvgIpc) is 2.74. The van der Waals surface area contributed by atoms with E-state index >= 15 is 0 Å². The Morgan fingerprint density at radius 1 is 0.467 bits per heavy atom. The van der Waals surface area contributed by atoms with Crippen LogP contribution in [0.4, 0.5) is 0 Å². The Balaban J connectivity index is 2.11. The number of aryl methyl sites for hydroxylation is 3. The lowest BCUT2D eigenvalue weighted by molar-refractivity contribution is 0.539. The van der Waals surface area contributed by atoms with E-state index in [9.17, 15) is 0 Å². The van der Waals surface area contributed by atoms with Crippen molar-refractivity contribution in [2.75, 3.05) is 0 Å². The Labute approximate surface area is 190 Å². The van der Waals surface area contributed by atoms with E-state index in [1.54, 1.807) is 16.7 Å². The molecule has 1 rings (SSSR count). The standard InChI is InChI=1S/C30H54/c1-5-7-9-11-12-13-14-15-16-17-18-20-22-24-30-26-29(25-27(3)28(30)4)23-21-19-10-8-6-2/h25-26H,5-24H2,1-4H3. The molecule has 30 heavy (non-hydrogen) atoms. The number of hydrogen-bond donors (Lipinski definition) is 0. The summed E-state index contributed by atoms with van der Waals surface area (Å²) in [5.41, 5.74) is 6.26. The van der Waals surface area contributed by atoms with Crippen molar-refractivity contribution < 1.29 is 0 Å². The Morgan fingerprint density at radius 2 is 0.867 bits per heavy atom. The van der Waals surface area contributed by atoms with E-state index in [2.05, 4.69) is 39.8 Å². The van der Waals surface area contributed by atoms with Crippen LogP contribution >= 0.6 is 0 Å². The minimum absolute atomic E-state index is 1.27. The molecule has 0 aliphatic heterocycles. The van der Waals surface area contributed by atoms with Gasteiger partial charge in [0.2, 0.25) is 0 Å². The lowest BCUT2D eigenvalue weighted by atomic mass is 9.93. The molecule has 174 valence electrons. The van der Waals surface area contributed by atoms with Crippen LogP contribution in [0.1, 0.15) is 152 Å². The topological polar surface area (TPSA) is 0 Å². The number of hydrogen-bond acceptors (Lipinski definition) is 0. The summed E-state index contributed by atoms with van der Waals surface area (Å²) in [6.07, 6.45) is 28.2. The van der Waals surface area contributed by atoms with Crippen molar-refractivity contribution in [3.8, 4) is 0 Å². The van der Waals surface area contributed by atoms with Crippen molar-refractivity contribution in [2.45, 2.75) is 156 Å². The predicted molar refractivity (Wildman–Crippen MR) is 138 cm³/mol. The highest BCUT2D eigenvalue weighted by Crippen LogP contribution is 2.21. The largest absolute Gasteiger partial charge is 0.0654 e. The second-order valence-electron chi connectivity index (χ2n) is 9.85. The third kappa shape index (κ3) is 13.5. The maximum absolute atomic E-state index is 2.53. The molecule has 1 aromatic rings. The summed E-state index contributed by atoms with van der Waals surface area (Å²) in [7, 11) is 0. The van der Waals surface area contributed by atoms with E-state index in [4.69, 9.17) is 0 Å². The molecule has 0 amide bonds. The molecule has 0 bridgehead atoms. The summed E-state index contributed by atoms with van der Waals surface area (Å²) in [6.45, 7) is 9.24. The molecule has 0 aromatic heterocycles. The highest BCUT2D eigenvalue weighted by molar-refractivity contribution is 5.38. The van der Waals surface area contributed by atoms with Crippen molar-refractivity contribution >= 4 is 0 Å². The molecule has 0 saturated carbocycles. The first kappa shape index (κ1) is 27.3. The SMILES string of the molecule is CCCCCCCCCCCCCCCc1cc(CCCCCCC)cc(C)c1C. The molecule has 0 unspecified atom stereocenters. The van der Waals surface area contributed by atoms with Crippen LogP contribution in [-0.2, 0) is 12.8 Å². The smallest absolute Gasteiger partial charge is 0.0276 e. The van der Waals surface area contributed by atoms with Crippen LogP contribution in [0.2, 0.25) is 0 Å². The van der Waals surface area contributed by atoms with E-state index in [0.29, 0.717) is 0 Å². The van der Waals surface area contributed by atoms with Crippen LogP contribution in [-0.4, -0.2) is 0 Å². The maximum atomic E-state index is 2.53. The summed E-state index contributed by atoms with van der Waals surface area (Å²) < 4.78 is 0. The van der Waals surface area contributed by atoms with Crippen LogP contribution < -0.4 is 0 Å². The van der Waals surface area contributed by atoms with E-state index in [1.807, 2.05) is 0 Å². The van der Waals surface area contributed by atoms with Crippen molar-refractivity contribution in [2.24, 2.45) is 0 Å². The average molecular weight is 415 g/mol. The minimum Gasteiger partial charge on any atom is -0.0654 e. The highest BCUT2D eigenvalue weighted by atomic mass is 14.1. The van der Waals surface area contributed by atoms with Gasteiger partial charge in [-0.25, -0.2) is 0 Å². The molecule has 0 heterocycles. The Kier molecular flexibility index (Phi) is 17.2. The summed E-state index contributed by atoms with van der Waals surface area (Å²) >= 11 is 0. The zero-order chi connectivity index (χ0) is 21.9. The quantitative estimate of drug-likeness (QED) is 0.186. The van der Waals surface area contributed by atoms with Crippen LogP contribution in [0.25, 0.3) is 0 Å². The molecule has 0 radical (unpaired) electrons. The molecule has 0 saturated heterocycles. The van der Waals surface area contributed by atoms with Crippen LogP contribution in [0.5, 0.6) is 0 Å². The van der Waals surface area contributed by atoms with E-state index in [0.717, 1.165) is 0 Å². The molecule has 1 aromatic carbocycles. The third-order valence-electron chi connectivity index (χ3n) is 6.95. The van der Waals surface area contributed by atoms with Gasteiger partial charge in [0.15, 0.2) is 0 Å². The van der Waals surface area contributed by atoms with E-state index in [1.165, 1.54) is 134 Å². The van der Waals surface area contributed by atoms with Gasteiger partial charge in [-0.1, -0.05) is 129 Å². The van der Waals surface area contributed by atoms with Crippen molar-refractivity contribution in [3.05, 3.63) is 34.4 Å². The molecule has 0 aliphatic carbocycles. The zero-order valence-corrected chi connectivity index (χ0v) is 21.3. The molecule has 0 aliphatic rings. The van der Waals surface area contributed by atoms with Gasteiger partial charge in [-0.2, -0.15) is 0 Å². The van der Waals surface area contributed by atoms with Gasteiger partial charge < -0.3 is 0 Å². The first-order valence-corrected chi connectivity index (χ1v) is 13.8. The Morgan fingerprint density at radius 3 is 1.33 bits per heavy atom. The second-order valence-corrected chi connectivity index (χ2v) is 9.85. The van der Waals surface area contributed by atoms with Gasteiger partial charge in [-0.3, -0.25) is 0 Å². The lowest BCUT2D eigenvalue weighted by Crippen LogP contribution is -1.97. The fourth-order valence-electron chi connectivity index (χ4n) is 4.68. The fraction of sp³-hybridized carbons (Fsp3) is 0.800. The molecule has 0 N–H and O–H groups in total. The van der Waals surface area contributed by atoms with Crippen LogP contribution in [0.15, 0.2) is 12.1 Å². The van der Waals surface area contributed by atoms with Gasteiger partial charge in [-0.05, 0) is 61.8 Å². The summed E-state index contributed by atoms with van der Waals surface area (Å²) in [6, 6.07) is 4.98. The van der Waals surface area contributed by atoms with E-state index < -0.39 is 0 Å². The van der Waals surface area contributed by atoms with Crippen LogP contribution in [0.3, 0.4) is 0 Å². The molecule has 0 fully saturated rings. The third-order valence-corrected chi connectivity index (χ3v) is 6.95. The normalized spacial score (nSPS) is 11.3. The van der Waals surface area contributed by atoms with Gasteiger partial charge in [-0.15, -0.1) is 0 Å². The minimum atomic E-state index is 1.27. The number of rotatable bonds is 20. The Bertz CT molecular complexity index is 513. The Hall–Kier alpha value is -0.780. The predicted octanol–water partition coefficient (Wildman–Crippen LogP) is 10.5. The zero-order valence-electron chi connectivity index (χ0n) is 21.3. The van der Waals surface area contributed by atoms with Gasteiger partial charge >= 0.3 is 0 Å². The monoisotopic (exact) mass is 414 g/mol. The molecule has 0 spiro atoms. The molecule has 0 heteroatoms. The van der Waals surface area contributed by atoms with Gasteiger partial charge in [0.1, 0.15) is 0 Å². The number of unbranched alkanes of at least 4 members (excludes halogenated alkanes) is 16. The van der Waals surface area contributed by atoms with Crippen molar-refractivity contribution in [1.82, 2.24) is 0 Å². The van der Waals surface area contributed by atoms with Crippen molar-refractivity contribution in [3.63, 3.8) is 0 Å². The molecule has 0 nitrogen and oxygen atoms in total. The fourth-order valence-corrected chi connectivity index (χ4v) is 4.68. The van der Waals surface area contributed by atoms with E-state index in [-0.39, 0.29) is 0 Å². The lowest BCUT2D eigenvalue weighted by Gasteiger charge is -2.13.